The second-order valence-corrected chi connectivity index (χ2v) is 16.4. The molecule has 0 aliphatic carbocycles. The molecule has 15 nitrogen and oxygen atoms in total. The number of anilines is 1. The fourth-order valence-corrected chi connectivity index (χ4v) is 4.74. The second-order valence-electron chi connectivity index (χ2n) is 16.4. The molecule has 7 amide bonds. The zero-order valence-corrected chi connectivity index (χ0v) is 33.7. The van der Waals surface area contributed by atoms with Crippen molar-refractivity contribution < 1.29 is 38.3 Å². The Morgan fingerprint density at radius 2 is 0.759 bits per heavy atom. The number of nitrogens with zero attached hydrogens (tertiary/aromatic N) is 1. The number of hydrogen-bond acceptors (Lipinski definition) is 8. The number of benzene rings is 2. The zero-order chi connectivity index (χ0) is 41.5. The lowest BCUT2D eigenvalue weighted by Crippen LogP contribution is -2.69. The number of para-hydroxylation sites is 1. The van der Waals surface area contributed by atoms with Crippen molar-refractivity contribution in [3.63, 3.8) is 0 Å². The maximum atomic E-state index is 13.5. The summed E-state index contributed by atoms with van der Waals surface area (Å²) in [7, 11) is 1.60. The van der Waals surface area contributed by atoms with Gasteiger partial charge < -0.3 is 41.5 Å². The van der Waals surface area contributed by atoms with Gasteiger partial charge in [0.1, 0.15) is 39.8 Å². The summed E-state index contributed by atoms with van der Waals surface area (Å²) in [6, 6.07) is 17.9. The van der Waals surface area contributed by atoms with Crippen molar-refractivity contribution in [1.29, 1.82) is 0 Å². The second kappa shape index (κ2) is 16.7. The summed E-state index contributed by atoms with van der Waals surface area (Å²) >= 11 is 0. The van der Waals surface area contributed by atoms with Gasteiger partial charge in [0, 0.05) is 12.7 Å². The highest BCUT2D eigenvalue weighted by atomic mass is 16.5. The number of carbonyl (C=O) groups is 7. The largest absolute Gasteiger partial charge is 0.445 e. The van der Waals surface area contributed by atoms with Crippen LogP contribution in [-0.4, -0.2) is 81.8 Å². The summed E-state index contributed by atoms with van der Waals surface area (Å²) in [6.45, 7) is 17.5. The van der Waals surface area contributed by atoms with Crippen molar-refractivity contribution in [2.45, 2.75) is 123 Å². The minimum absolute atomic E-state index is 0.00490. The molecule has 2 aromatic carbocycles. The Morgan fingerprint density at radius 1 is 0.463 bits per heavy atom. The van der Waals surface area contributed by atoms with E-state index >= 15 is 0 Å². The lowest BCUT2D eigenvalue weighted by molar-refractivity contribution is -0.141. The average Bonchev–Trinajstić information content (AvgIpc) is 3.06. The first-order valence-corrected chi connectivity index (χ1v) is 17.5. The van der Waals surface area contributed by atoms with E-state index in [9.17, 15) is 33.6 Å². The van der Waals surface area contributed by atoms with E-state index in [1.165, 1.54) is 74.1 Å². The lowest BCUT2D eigenvalue weighted by atomic mass is 9.94. The normalized spacial score (nSPS) is 12.4. The molecule has 54 heavy (non-hydrogen) atoms. The number of hydrogen-bond donors (Lipinski definition) is 6. The highest BCUT2D eigenvalue weighted by Gasteiger charge is 2.44. The molecule has 0 saturated carbocycles. The summed E-state index contributed by atoms with van der Waals surface area (Å²) in [4.78, 5) is 94.0. The van der Waals surface area contributed by atoms with Crippen LogP contribution in [0, 0.1) is 0 Å². The van der Waals surface area contributed by atoms with E-state index in [1.807, 2.05) is 12.1 Å². The summed E-state index contributed by atoms with van der Waals surface area (Å²) in [5, 5.41) is 15.7. The van der Waals surface area contributed by atoms with Crippen LogP contribution in [0.5, 0.6) is 0 Å². The number of rotatable bonds is 15. The lowest BCUT2D eigenvalue weighted by Gasteiger charge is -2.37. The van der Waals surface area contributed by atoms with Gasteiger partial charge in [-0.25, -0.2) is 4.79 Å². The smallest absolute Gasteiger partial charge is 0.408 e. The van der Waals surface area contributed by atoms with Gasteiger partial charge in [-0.3, -0.25) is 28.8 Å². The van der Waals surface area contributed by atoms with Crippen LogP contribution in [0.25, 0.3) is 0 Å². The van der Waals surface area contributed by atoms with E-state index in [4.69, 9.17) is 4.74 Å². The summed E-state index contributed by atoms with van der Waals surface area (Å²) in [5.74, 6) is -3.90. The van der Waals surface area contributed by atoms with Gasteiger partial charge in [-0.05, 0) is 101 Å². The van der Waals surface area contributed by atoms with Crippen LogP contribution in [0.3, 0.4) is 0 Å². The molecule has 0 unspecified atom stereocenters. The van der Waals surface area contributed by atoms with Crippen LogP contribution in [0.4, 0.5) is 10.5 Å². The van der Waals surface area contributed by atoms with Crippen molar-refractivity contribution in [3.05, 3.63) is 66.2 Å². The minimum atomic E-state index is -1.59. The Hall–Kier alpha value is -5.47. The maximum absolute atomic E-state index is 13.5. The Labute approximate surface area is 318 Å². The van der Waals surface area contributed by atoms with E-state index in [0.29, 0.717) is 5.69 Å². The molecule has 2 aromatic rings. The van der Waals surface area contributed by atoms with Crippen LogP contribution in [0.2, 0.25) is 0 Å². The summed E-state index contributed by atoms with van der Waals surface area (Å²) in [5.41, 5.74) is -7.67. The van der Waals surface area contributed by atoms with E-state index in [1.54, 1.807) is 69.4 Å². The molecule has 0 atom stereocenters. The average molecular weight is 752 g/mol. The monoisotopic (exact) mass is 751 g/mol. The molecule has 15 heteroatoms. The third-order valence-electron chi connectivity index (χ3n) is 8.58. The molecule has 0 spiro atoms. The fraction of sp³-hybridized carbons (Fsp3) is 0.513. The fourth-order valence-electron chi connectivity index (χ4n) is 4.74. The van der Waals surface area contributed by atoms with Crippen LogP contribution >= 0.6 is 0 Å². The Kier molecular flexibility index (Phi) is 13.8. The highest BCUT2D eigenvalue weighted by molar-refractivity contribution is 6.04. The Bertz CT molecular complexity index is 1720. The van der Waals surface area contributed by atoms with Gasteiger partial charge in [0.05, 0.1) is 0 Å². The van der Waals surface area contributed by atoms with Crippen LogP contribution in [0.1, 0.15) is 88.6 Å². The van der Waals surface area contributed by atoms with Gasteiger partial charge in [-0.15, -0.1) is 0 Å². The molecule has 296 valence electrons. The van der Waals surface area contributed by atoms with E-state index in [0.717, 1.165) is 5.56 Å². The Morgan fingerprint density at radius 3 is 1.11 bits per heavy atom. The molecule has 6 N–H and O–H groups in total. The molecular weight excluding hydrogens is 694 g/mol. The van der Waals surface area contributed by atoms with Gasteiger partial charge in [-0.2, -0.15) is 0 Å². The number of nitrogens with one attached hydrogen (secondary N) is 6. The number of ether oxygens (including phenoxy) is 1. The van der Waals surface area contributed by atoms with E-state index in [-0.39, 0.29) is 12.5 Å². The number of alkyl carbamates (subject to hydrolysis) is 1. The van der Waals surface area contributed by atoms with Crippen molar-refractivity contribution >= 4 is 47.2 Å². The van der Waals surface area contributed by atoms with Gasteiger partial charge in [0.2, 0.25) is 29.5 Å². The zero-order valence-electron chi connectivity index (χ0n) is 33.7. The predicted octanol–water partition coefficient (Wildman–Crippen LogP) is 2.83. The number of amides is 7. The standard InChI is InChI=1S/C39H57N7O8/c1-34(2,41-29(49)36(5,6)43-31(51)38(9,10)45-33(53)54-24-25-20-16-14-17-21-25)27(47)40-35(3,4)28(48)42-37(7,8)30(50)44-39(11,12)32(52)46(13)26-22-18-15-19-23-26/h14-23H,24H2,1-13H3,(H,40,47)(H,41,49)(H,42,48)(H,43,51)(H,44,50)(H,45,53). The number of likely N-dealkylation sites (N-methyl/N-ethyl adjacent to an activating group) is 1. The number of carbonyl (C=O) groups excluding carboxylic acids is 7. The minimum Gasteiger partial charge on any atom is -0.445 e. The molecule has 0 aliphatic rings. The van der Waals surface area contributed by atoms with Gasteiger partial charge in [-0.1, -0.05) is 48.5 Å². The Balaban J connectivity index is 2.01. The van der Waals surface area contributed by atoms with Crippen LogP contribution < -0.4 is 36.8 Å². The molecule has 0 aromatic heterocycles. The summed E-state index contributed by atoms with van der Waals surface area (Å²) in [6.07, 6.45) is -0.833. The predicted molar refractivity (Wildman–Crippen MR) is 205 cm³/mol. The topological polar surface area (TPSA) is 204 Å². The maximum Gasteiger partial charge on any atom is 0.408 e. The summed E-state index contributed by atoms with van der Waals surface area (Å²) < 4.78 is 5.21. The highest BCUT2D eigenvalue weighted by Crippen LogP contribution is 2.19. The molecule has 0 heterocycles. The molecule has 2 rings (SSSR count). The molecule has 0 fully saturated rings. The van der Waals surface area contributed by atoms with Crippen molar-refractivity contribution in [2.75, 3.05) is 11.9 Å². The molecule has 0 bridgehead atoms. The van der Waals surface area contributed by atoms with Gasteiger partial charge >= 0.3 is 6.09 Å². The first-order valence-electron chi connectivity index (χ1n) is 17.5. The molecule has 0 radical (unpaired) electrons. The van der Waals surface area contributed by atoms with Crippen molar-refractivity contribution in [1.82, 2.24) is 31.9 Å². The first-order chi connectivity index (χ1) is 24.5. The van der Waals surface area contributed by atoms with Crippen molar-refractivity contribution in [2.24, 2.45) is 0 Å². The quantitative estimate of drug-likeness (QED) is 0.159. The van der Waals surface area contributed by atoms with Crippen LogP contribution in [0.15, 0.2) is 60.7 Å². The SMILES string of the molecule is CN(C(=O)C(C)(C)NC(=O)C(C)(C)NC(=O)C(C)(C)NC(=O)C(C)(C)NC(=O)C(C)(C)NC(=O)C(C)(C)NC(=O)OCc1ccccc1)c1ccccc1. The molecular formula is C39H57N7O8. The van der Waals surface area contributed by atoms with Crippen LogP contribution in [-0.2, 0) is 40.1 Å². The van der Waals surface area contributed by atoms with E-state index in [2.05, 4.69) is 31.9 Å². The van der Waals surface area contributed by atoms with Gasteiger partial charge in [0.15, 0.2) is 0 Å². The molecule has 0 aliphatic heterocycles. The first kappa shape index (κ1) is 44.7. The molecule has 0 saturated heterocycles. The third-order valence-corrected chi connectivity index (χ3v) is 8.58. The van der Waals surface area contributed by atoms with Gasteiger partial charge in [0.25, 0.3) is 5.91 Å². The third kappa shape index (κ3) is 12.0. The van der Waals surface area contributed by atoms with E-state index < -0.39 is 68.9 Å². The van der Waals surface area contributed by atoms with Crippen molar-refractivity contribution in [3.8, 4) is 0 Å².